The number of hydrogen-bond donors (Lipinski definition) is 1. The molecule has 9 heavy (non-hydrogen) atoms. The molecule has 1 aromatic heterocycles. The van der Waals surface area contributed by atoms with Crippen LogP contribution >= 0.6 is 0 Å². The molecule has 3 heteroatoms. The molecular formula is C6H13IN2+2. The zero-order valence-electron chi connectivity index (χ0n) is 5.76. The van der Waals surface area contributed by atoms with E-state index in [9.17, 15) is 0 Å². The van der Waals surface area contributed by atoms with Crippen LogP contribution in [0.5, 0.6) is 0 Å². The summed E-state index contributed by atoms with van der Waals surface area (Å²) in [5.74, 6) is 1.22. The number of aryl methyl sites for hydroxylation is 2. The van der Waals surface area contributed by atoms with E-state index in [1.807, 2.05) is 12.4 Å². The van der Waals surface area contributed by atoms with Crippen molar-refractivity contribution >= 4 is 0 Å². The average molecular weight is 240 g/mol. The molecule has 0 aliphatic carbocycles. The first kappa shape index (κ1) is 8.94. The minimum absolute atomic E-state index is 0. The van der Waals surface area contributed by atoms with Crippen molar-refractivity contribution in [2.75, 3.05) is 0 Å². The minimum Gasteiger partial charge on any atom is -0.248 e. The van der Waals surface area contributed by atoms with Gasteiger partial charge in [0, 0.05) is 6.92 Å². The van der Waals surface area contributed by atoms with Crippen LogP contribution in [0.15, 0.2) is 12.4 Å². The van der Waals surface area contributed by atoms with Crippen LogP contribution in [0.4, 0.5) is 0 Å². The maximum atomic E-state index is 3.08. The Bertz CT molecular complexity index is 171. The third-order valence-corrected chi connectivity index (χ3v) is 1.32. The zero-order chi connectivity index (χ0) is 5.98. The summed E-state index contributed by atoms with van der Waals surface area (Å²) in [6.07, 6.45) is 3.98. The fourth-order valence-electron chi connectivity index (χ4n) is 0.785. The molecule has 1 N–H and O–H groups in total. The van der Waals surface area contributed by atoms with Gasteiger partial charge in [-0.1, -0.05) is 0 Å². The Labute approximate surface area is 72.3 Å². The minimum atomic E-state index is 0. The summed E-state index contributed by atoms with van der Waals surface area (Å²) < 4.78 is 2.15. The predicted molar refractivity (Wildman–Crippen MR) is 34.2 cm³/mol. The van der Waals surface area contributed by atoms with Crippen molar-refractivity contribution in [3.05, 3.63) is 18.2 Å². The van der Waals surface area contributed by atoms with Gasteiger partial charge in [0.2, 0.25) is 24.0 Å². The zero-order valence-corrected chi connectivity index (χ0v) is 8.31. The molecule has 0 saturated heterocycles. The Kier molecular flexibility index (Phi) is 3.84. The molecule has 0 bridgehead atoms. The molecule has 0 aromatic carbocycles. The molecule has 0 radical (unpaired) electrons. The van der Waals surface area contributed by atoms with Crippen LogP contribution in [0.1, 0.15) is 12.7 Å². The van der Waals surface area contributed by atoms with E-state index in [0.29, 0.717) is 0 Å². The Morgan fingerprint density at radius 1 is 1.67 bits per heavy atom. The molecule has 0 fully saturated rings. The van der Waals surface area contributed by atoms with E-state index < -0.39 is 0 Å². The van der Waals surface area contributed by atoms with E-state index in [2.05, 4.69) is 23.4 Å². The number of rotatable bonds is 1. The largest absolute Gasteiger partial charge is 0.250 e. The molecule has 2 nitrogen and oxygen atoms in total. The Morgan fingerprint density at radius 2 is 2.33 bits per heavy atom. The van der Waals surface area contributed by atoms with Gasteiger partial charge in [-0.3, -0.25) is 0 Å². The summed E-state index contributed by atoms with van der Waals surface area (Å²) in [5, 5.41) is 0. The summed E-state index contributed by atoms with van der Waals surface area (Å²) in [7, 11) is 0. The van der Waals surface area contributed by atoms with Gasteiger partial charge in [0.15, 0.2) is 0 Å². The lowest BCUT2D eigenvalue weighted by Crippen LogP contribution is -3.00. The molecule has 1 aromatic rings. The molecule has 1 heterocycles. The maximum absolute atomic E-state index is 3.08. The molecule has 52 valence electrons. The van der Waals surface area contributed by atoms with Crippen LogP contribution in [0, 0.1) is 6.92 Å². The van der Waals surface area contributed by atoms with Gasteiger partial charge in [-0.2, -0.15) is 0 Å². The fraction of sp³-hybridized carbons (Fsp3) is 0.500. The summed E-state index contributed by atoms with van der Waals surface area (Å²) in [6, 6.07) is 0. The third-order valence-electron chi connectivity index (χ3n) is 1.32. The summed E-state index contributed by atoms with van der Waals surface area (Å²) >= 11 is 0. The van der Waals surface area contributed by atoms with Gasteiger partial charge < -0.3 is 0 Å². The number of hydrogen-bond acceptors (Lipinski definition) is 0. The molecule has 0 aliphatic rings. The lowest BCUT2D eigenvalue weighted by molar-refractivity contribution is -0.698. The smallest absolute Gasteiger partial charge is 0.248 e. The number of nitrogens with one attached hydrogen (secondary N) is 1. The number of H-pyrrole nitrogens is 1. The van der Waals surface area contributed by atoms with Gasteiger partial charge in [-0.25, -0.2) is 9.55 Å². The second-order valence-electron chi connectivity index (χ2n) is 1.83. The van der Waals surface area contributed by atoms with Crippen molar-refractivity contribution in [3.8, 4) is 0 Å². The van der Waals surface area contributed by atoms with Crippen molar-refractivity contribution in [2.24, 2.45) is 0 Å². The van der Waals surface area contributed by atoms with Gasteiger partial charge in [-0.15, -0.1) is 0 Å². The first-order valence-electron chi connectivity index (χ1n) is 2.88. The molecule has 0 atom stereocenters. The highest BCUT2D eigenvalue weighted by molar-refractivity contribution is 4.70. The Hall–Kier alpha value is -0.0600. The van der Waals surface area contributed by atoms with Crippen LogP contribution in [0.25, 0.3) is 0 Å². The van der Waals surface area contributed by atoms with Crippen molar-refractivity contribution < 1.29 is 28.5 Å². The van der Waals surface area contributed by atoms with Gasteiger partial charge >= 0.3 is 0 Å². The topological polar surface area (TPSA) is 19.7 Å². The standard InChI is InChI=1S/C6H10N2.H2I/c1-3-8-5-4-7-6(8)2;/h4-5H,3H2,1-2H3;1H2/q;+1/p+1. The van der Waals surface area contributed by atoms with E-state index >= 15 is 0 Å². The van der Waals surface area contributed by atoms with Crippen molar-refractivity contribution in [1.82, 2.24) is 4.98 Å². The normalized spacial score (nSPS) is 8.67. The summed E-state index contributed by atoms with van der Waals surface area (Å²) in [4.78, 5) is 3.08. The van der Waals surface area contributed by atoms with Crippen LogP contribution in [-0.2, 0) is 6.54 Å². The lowest BCUT2D eigenvalue weighted by Gasteiger charge is -1.86. The number of aromatic amines is 1. The van der Waals surface area contributed by atoms with Crippen LogP contribution in [0.2, 0.25) is 0 Å². The van der Waals surface area contributed by atoms with E-state index in [4.69, 9.17) is 0 Å². The van der Waals surface area contributed by atoms with E-state index in [1.54, 1.807) is 0 Å². The molecule has 0 unspecified atom stereocenters. The second-order valence-corrected chi connectivity index (χ2v) is 1.83. The van der Waals surface area contributed by atoms with Crippen molar-refractivity contribution in [1.29, 1.82) is 0 Å². The van der Waals surface area contributed by atoms with E-state index in [-0.39, 0.29) is 24.0 Å². The highest BCUT2D eigenvalue weighted by Gasteiger charge is 1.97. The van der Waals surface area contributed by atoms with Crippen molar-refractivity contribution in [2.45, 2.75) is 20.4 Å². The number of aromatic nitrogens is 2. The Balaban J connectivity index is 0.000000640. The number of halogens is 1. The van der Waals surface area contributed by atoms with Gasteiger partial charge in [0.25, 0.3) is 5.82 Å². The van der Waals surface area contributed by atoms with Crippen LogP contribution < -0.4 is 28.5 Å². The molecular weight excluding hydrogens is 227 g/mol. The highest BCUT2D eigenvalue weighted by Crippen LogP contribution is 1.78. The lowest BCUT2D eigenvalue weighted by atomic mass is 10.6. The van der Waals surface area contributed by atoms with Crippen LogP contribution in [-0.4, -0.2) is 4.98 Å². The second kappa shape index (κ2) is 3.87. The van der Waals surface area contributed by atoms with Gasteiger partial charge in [0.05, 0.1) is 6.54 Å². The summed E-state index contributed by atoms with van der Waals surface area (Å²) in [5.41, 5.74) is 0. The predicted octanol–water partition coefficient (Wildman–Crippen LogP) is -2.90. The number of nitrogens with zero attached hydrogens (tertiary/aromatic N) is 1. The first-order chi connectivity index (χ1) is 3.84. The van der Waals surface area contributed by atoms with Crippen LogP contribution in [0.3, 0.4) is 0 Å². The molecule has 1 rings (SSSR count). The number of imidazole rings is 1. The molecule has 0 amide bonds. The molecule has 0 saturated carbocycles. The molecule has 0 aliphatic heterocycles. The maximum Gasteiger partial charge on any atom is 0.250 e. The first-order valence-corrected chi connectivity index (χ1v) is 2.88. The third kappa shape index (κ3) is 1.97. The molecule has 0 spiro atoms. The van der Waals surface area contributed by atoms with Gasteiger partial charge in [0.1, 0.15) is 12.4 Å². The van der Waals surface area contributed by atoms with Gasteiger partial charge in [-0.05, 0) is 6.92 Å². The van der Waals surface area contributed by atoms with Crippen molar-refractivity contribution in [3.63, 3.8) is 0 Å². The Morgan fingerprint density at radius 3 is 2.56 bits per heavy atom. The van der Waals surface area contributed by atoms with E-state index in [0.717, 1.165) is 6.54 Å². The summed E-state index contributed by atoms with van der Waals surface area (Å²) in [6.45, 7) is 5.24. The quantitative estimate of drug-likeness (QED) is 0.401. The monoisotopic (exact) mass is 240 g/mol. The highest BCUT2D eigenvalue weighted by atomic mass is 127. The average Bonchev–Trinajstić information content (AvgIpc) is 2.14. The van der Waals surface area contributed by atoms with E-state index in [1.165, 1.54) is 5.82 Å². The SMILES string of the molecule is CC[n+]1cc[nH]c1C.[IH2+]. The fourth-order valence-corrected chi connectivity index (χ4v) is 0.785.